The Morgan fingerprint density at radius 2 is 1.93 bits per heavy atom. The molecule has 1 amide bonds. The molecule has 2 N–H and O–H groups in total. The first-order valence-corrected chi connectivity index (χ1v) is 9.81. The molecule has 3 aromatic rings. The number of nitrogens with zero attached hydrogens (tertiary/aromatic N) is 2. The average molecular weight is 433 g/mol. The number of hydrogen-bond donors (Lipinski definition) is 2. The predicted octanol–water partition coefficient (Wildman–Crippen LogP) is 3.55. The maximum Gasteiger partial charge on any atom is 0.339 e. The minimum Gasteiger partial charge on any atom is -0.486 e. The summed E-state index contributed by atoms with van der Waals surface area (Å²) in [5.41, 5.74) is 0.671. The van der Waals surface area contributed by atoms with Gasteiger partial charge in [-0.3, -0.25) is 9.89 Å². The van der Waals surface area contributed by atoms with E-state index in [-0.39, 0.29) is 23.8 Å². The fraction of sp³-hybridized carbons (Fsp3) is 0.158. The number of ether oxygens (including phenoxy) is 2. The number of nitrogens with one attached hydrogen (secondary N) is 2. The SMILES string of the molecule is COC(=O)c1ccccc1NC(=O)CSc1n[nH]c(COc2ccc(Cl)cc2)n1. The summed E-state index contributed by atoms with van der Waals surface area (Å²) in [5.74, 6) is 0.440. The molecule has 0 unspecified atom stereocenters. The Hall–Kier alpha value is -3.04. The van der Waals surface area contributed by atoms with Gasteiger partial charge in [0, 0.05) is 5.02 Å². The van der Waals surface area contributed by atoms with E-state index in [1.54, 1.807) is 48.5 Å². The van der Waals surface area contributed by atoms with Crippen LogP contribution in [0.4, 0.5) is 5.69 Å². The third kappa shape index (κ3) is 5.97. The van der Waals surface area contributed by atoms with Gasteiger partial charge in [-0.15, -0.1) is 5.10 Å². The molecule has 29 heavy (non-hydrogen) atoms. The number of H-pyrrole nitrogens is 1. The molecule has 0 fully saturated rings. The first-order valence-electron chi connectivity index (χ1n) is 8.45. The van der Waals surface area contributed by atoms with Gasteiger partial charge in [0.05, 0.1) is 24.1 Å². The van der Waals surface area contributed by atoms with E-state index >= 15 is 0 Å². The highest BCUT2D eigenvalue weighted by Gasteiger charge is 2.14. The lowest BCUT2D eigenvalue weighted by Crippen LogP contribution is -2.17. The molecule has 8 nitrogen and oxygen atoms in total. The number of carbonyl (C=O) groups is 2. The molecule has 10 heteroatoms. The fourth-order valence-corrected chi connectivity index (χ4v) is 3.03. The molecule has 0 bridgehead atoms. The van der Waals surface area contributed by atoms with Crippen molar-refractivity contribution < 1.29 is 19.1 Å². The van der Waals surface area contributed by atoms with E-state index in [0.717, 1.165) is 11.8 Å². The van der Waals surface area contributed by atoms with Crippen LogP contribution in [-0.4, -0.2) is 39.9 Å². The molecule has 0 aliphatic heterocycles. The molecule has 150 valence electrons. The van der Waals surface area contributed by atoms with Crippen molar-refractivity contribution in [3.63, 3.8) is 0 Å². The number of aromatic amines is 1. The number of hydrogen-bond acceptors (Lipinski definition) is 7. The van der Waals surface area contributed by atoms with Gasteiger partial charge in [0.15, 0.2) is 5.82 Å². The lowest BCUT2D eigenvalue weighted by molar-refractivity contribution is -0.113. The molecule has 0 spiro atoms. The molecule has 1 aromatic heterocycles. The summed E-state index contributed by atoms with van der Waals surface area (Å²) >= 11 is 6.99. The number of carbonyl (C=O) groups excluding carboxylic acids is 2. The molecular weight excluding hydrogens is 416 g/mol. The van der Waals surface area contributed by atoms with Crippen LogP contribution >= 0.6 is 23.4 Å². The predicted molar refractivity (Wildman–Crippen MR) is 109 cm³/mol. The van der Waals surface area contributed by atoms with Crippen molar-refractivity contribution in [3.05, 3.63) is 64.9 Å². The lowest BCUT2D eigenvalue weighted by Gasteiger charge is -2.08. The highest BCUT2D eigenvalue weighted by Crippen LogP contribution is 2.19. The summed E-state index contributed by atoms with van der Waals surface area (Å²) in [5, 5.41) is 10.6. The van der Waals surface area contributed by atoms with E-state index in [0.29, 0.717) is 27.4 Å². The molecule has 0 aliphatic rings. The third-order valence-corrected chi connectivity index (χ3v) is 4.74. The lowest BCUT2D eigenvalue weighted by atomic mass is 10.2. The smallest absolute Gasteiger partial charge is 0.339 e. The van der Waals surface area contributed by atoms with Crippen molar-refractivity contribution in [2.75, 3.05) is 18.2 Å². The van der Waals surface area contributed by atoms with E-state index < -0.39 is 5.97 Å². The summed E-state index contributed by atoms with van der Waals surface area (Å²) in [7, 11) is 1.29. The van der Waals surface area contributed by atoms with Crippen LogP contribution in [0.25, 0.3) is 0 Å². The summed E-state index contributed by atoms with van der Waals surface area (Å²) in [6, 6.07) is 13.6. The van der Waals surface area contributed by atoms with Gasteiger partial charge in [-0.05, 0) is 36.4 Å². The van der Waals surface area contributed by atoms with Crippen LogP contribution in [0.1, 0.15) is 16.2 Å². The van der Waals surface area contributed by atoms with Crippen molar-refractivity contribution in [1.82, 2.24) is 15.2 Å². The second-order valence-corrected chi connectivity index (χ2v) is 7.06. The second-order valence-electron chi connectivity index (χ2n) is 5.68. The zero-order chi connectivity index (χ0) is 20.6. The van der Waals surface area contributed by atoms with Gasteiger partial charge in [-0.2, -0.15) is 0 Å². The maximum absolute atomic E-state index is 12.2. The van der Waals surface area contributed by atoms with Crippen molar-refractivity contribution in [3.8, 4) is 5.75 Å². The average Bonchev–Trinajstić information content (AvgIpc) is 3.19. The number of methoxy groups -OCH3 is 1. The van der Waals surface area contributed by atoms with Crippen molar-refractivity contribution in [2.24, 2.45) is 0 Å². The van der Waals surface area contributed by atoms with Crippen LogP contribution in [0.3, 0.4) is 0 Å². The van der Waals surface area contributed by atoms with Crippen LogP contribution in [-0.2, 0) is 16.1 Å². The van der Waals surface area contributed by atoms with Crippen LogP contribution in [0.2, 0.25) is 5.02 Å². The van der Waals surface area contributed by atoms with Gasteiger partial charge in [0.25, 0.3) is 0 Å². The maximum atomic E-state index is 12.2. The summed E-state index contributed by atoms with van der Waals surface area (Å²) in [6.07, 6.45) is 0. The highest BCUT2D eigenvalue weighted by atomic mass is 35.5. The molecule has 0 atom stereocenters. The Morgan fingerprint density at radius 3 is 2.69 bits per heavy atom. The largest absolute Gasteiger partial charge is 0.486 e. The molecule has 0 saturated carbocycles. The normalized spacial score (nSPS) is 10.4. The van der Waals surface area contributed by atoms with Gasteiger partial charge >= 0.3 is 5.97 Å². The second kappa shape index (κ2) is 9.94. The molecule has 0 radical (unpaired) electrons. The monoisotopic (exact) mass is 432 g/mol. The van der Waals surface area contributed by atoms with E-state index in [1.807, 2.05) is 0 Å². The number of benzene rings is 2. The Morgan fingerprint density at radius 1 is 1.17 bits per heavy atom. The van der Waals surface area contributed by atoms with Crippen LogP contribution < -0.4 is 10.1 Å². The first-order chi connectivity index (χ1) is 14.0. The van der Waals surface area contributed by atoms with Crippen LogP contribution in [0, 0.1) is 0 Å². The zero-order valence-electron chi connectivity index (χ0n) is 15.3. The van der Waals surface area contributed by atoms with Crippen molar-refractivity contribution in [2.45, 2.75) is 11.8 Å². The van der Waals surface area contributed by atoms with Crippen molar-refractivity contribution in [1.29, 1.82) is 0 Å². The molecule has 0 saturated heterocycles. The van der Waals surface area contributed by atoms with Crippen LogP contribution in [0.5, 0.6) is 5.75 Å². The van der Waals surface area contributed by atoms with Crippen molar-refractivity contribution >= 4 is 40.9 Å². The molecule has 2 aromatic carbocycles. The number of amides is 1. The van der Waals surface area contributed by atoms with E-state index in [1.165, 1.54) is 7.11 Å². The molecule has 0 aliphatic carbocycles. The van der Waals surface area contributed by atoms with Crippen LogP contribution in [0.15, 0.2) is 53.7 Å². The molecule has 3 rings (SSSR count). The topological polar surface area (TPSA) is 106 Å². The van der Waals surface area contributed by atoms with Gasteiger partial charge in [-0.1, -0.05) is 35.5 Å². The van der Waals surface area contributed by atoms with Gasteiger partial charge < -0.3 is 14.8 Å². The Bertz CT molecular complexity index is 994. The summed E-state index contributed by atoms with van der Waals surface area (Å²) < 4.78 is 10.3. The zero-order valence-corrected chi connectivity index (χ0v) is 16.9. The Labute approximate surface area is 176 Å². The Balaban J connectivity index is 1.50. The third-order valence-electron chi connectivity index (χ3n) is 3.64. The number of para-hydroxylation sites is 1. The number of thioether (sulfide) groups is 1. The van der Waals surface area contributed by atoms with E-state index in [9.17, 15) is 9.59 Å². The summed E-state index contributed by atoms with van der Waals surface area (Å²) in [4.78, 5) is 28.2. The number of rotatable bonds is 8. The van der Waals surface area contributed by atoms with E-state index in [2.05, 4.69) is 20.5 Å². The number of halogens is 1. The Kier molecular flexibility index (Phi) is 7.09. The number of anilines is 1. The first kappa shape index (κ1) is 20.7. The van der Waals surface area contributed by atoms with Gasteiger partial charge in [0.1, 0.15) is 12.4 Å². The highest BCUT2D eigenvalue weighted by molar-refractivity contribution is 7.99. The minimum absolute atomic E-state index is 0.0742. The van der Waals surface area contributed by atoms with Gasteiger partial charge in [-0.25, -0.2) is 9.78 Å². The standard InChI is InChI=1S/C19H17ClN4O4S/c1-27-18(26)14-4-2-3-5-15(14)21-17(25)11-29-19-22-16(23-24-19)10-28-13-8-6-12(20)7-9-13/h2-9H,10-11H2,1H3,(H,21,25)(H,22,23,24). The summed E-state index contributed by atoms with van der Waals surface area (Å²) in [6.45, 7) is 0.202. The number of esters is 1. The fourth-order valence-electron chi connectivity index (χ4n) is 2.29. The van der Waals surface area contributed by atoms with E-state index in [4.69, 9.17) is 21.1 Å². The van der Waals surface area contributed by atoms with Gasteiger partial charge in [0.2, 0.25) is 11.1 Å². The quantitative estimate of drug-likeness (QED) is 0.414. The molecular formula is C19H17ClN4O4S. The number of aromatic nitrogens is 3. The minimum atomic E-state index is -0.521. The molecule has 1 heterocycles.